The van der Waals surface area contributed by atoms with Crippen molar-refractivity contribution in [3.63, 3.8) is 0 Å². The highest BCUT2D eigenvalue weighted by Crippen LogP contribution is 2.25. The van der Waals surface area contributed by atoms with Crippen molar-refractivity contribution in [2.24, 2.45) is 0 Å². The number of aromatic amines is 1. The van der Waals surface area contributed by atoms with Crippen LogP contribution in [0.2, 0.25) is 0 Å². The number of hydrogen-bond acceptors (Lipinski definition) is 3. The van der Waals surface area contributed by atoms with E-state index in [1.54, 1.807) is 13.4 Å². The van der Waals surface area contributed by atoms with Gasteiger partial charge in [-0.1, -0.05) is 0 Å². The summed E-state index contributed by atoms with van der Waals surface area (Å²) in [5, 5.41) is 0. The second kappa shape index (κ2) is 5.01. The molecule has 4 nitrogen and oxygen atoms in total. The number of H-pyrrole nitrogens is 1. The summed E-state index contributed by atoms with van der Waals surface area (Å²) in [5.41, 5.74) is 3.32. The second-order valence-corrected chi connectivity index (χ2v) is 4.23. The zero-order chi connectivity index (χ0) is 12.3. The lowest BCUT2D eigenvalue weighted by Crippen LogP contribution is -2.11. The Balaban J connectivity index is 2.37. The lowest BCUT2D eigenvalue weighted by atomic mass is 10.1. The van der Waals surface area contributed by atoms with Gasteiger partial charge in [-0.05, 0) is 32.3 Å². The number of methoxy groups -OCH3 is 1. The molecule has 1 N–H and O–H groups in total. The molecule has 0 unspecified atom stereocenters. The maximum atomic E-state index is 5.37. The average molecular weight is 231 g/mol. The minimum atomic E-state index is 0.852. The molecule has 2 aromatic rings. The predicted molar refractivity (Wildman–Crippen MR) is 68.0 cm³/mol. The van der Waals surface area contributed by atoms with E-state index in [1.807, 2.05) is 32.4 Å². The molecule has 1 heterocycles. The van der Waals surface area contributed by atoms with E-state index in [-0.39, 0.29) is 0 Å². The van der Waals surface area contributed by atoms with Crippen LogP contribution in [-0.4, -0.2) is 36.1 Å². The first-order valence-corrected chi connectivity index (χ1v) is 5.51. The van der Waals surface area contributed by atoms with Crippen molar-refractivity contribution in [1.29, 1.82) is 0 Å². The minimum Gasteiger partial charge on any atom is -0.496 e. The third-order valence-corrected chi connectivity index (χ3v) is 2.58. The lowest BCUT2D eigenvalue weighted by Gasteiger charge is -2.14. The molecule has 0 aliphatic rings. The number of nitrogens with one attached hydrogen (secondary N) is 1. The van der Waals surface area contributed by atoms with E-state index in [0.29, 0.717) is 0 Å². The monoisotopic (exact) mass is 231 g/mol. The molecule has 0 amide bonds. The molecule has 0 aliphatic heterocycles. The molecule has 0 saturated carbocycles. The number of aromatic nitrogens is 2. The van der Waals surface area contributed by atoms with Gasteiger partial charge in [-0.3, -0.25) is 0 Å². The number of imidazole rings is 1. The highest BCUT2D eigenvalue weighted by Gasteiger charge is 2.07. The van der Waals surface area contributed by atoms with Gasteiger partial charge in [0.1, 0.15) is 5.75 Å². The molecule has 4 heteroatoms. The summed E-state index contributed by atoms with van der Waals surface area (Å²) in [7, 11) is 5.79. The summed E-state index contributed by atoms with van der Waals surface area (Å²) in [6.07, 6.45) is 3.51. The SMILES string of the molecule is COc1ccc(-c2cnc[nH]2)cc1CN(C)C. The van der Waals surface area contributed by atoms with Crippen molar-refractivity contribution >= 4 is 0 Å². The van der Waals surface area contributed by atoms with Gasteiger partial charge in [0.05, 0.1) is 25.3 Å². The van der Waals surface area contributed by atoms with Crippen LogP contribution >= 0.6 is 0 Å². The quantitative estimate of drug-likeness (QED) is 0.876. The molecule has 0 atom stereocenters. The van der Waals surface area contributed by atoms with Crippen molar-refractivity contribution in [2.75, 3.05) is 21.2 Å². The molecule has 0 fully saturated rings. The molecule has 0 spiro atoms. The highest BCUT2D eigenvalue weighted by molar-refractivity contribution is 5.61. The van der Waals surface area contributed by atoms with Crippen molar-refractivity contribution in [3.05, 3.63) is 36.3 Å². The molecular formula is C13H17N3O. The lowest BCUT2D eigenvalue weighted by molar-refractivity contribution is 0.372. The molecule has 0 aliphatic carbocycles. The predicted octanol–water partition coefficient (Wildman–Crippen LogP) is 2.15. The Bertz CT molecular complexity index is 477. The Morgan fingerprint density at radius 3 is 2.76 bits per heavy atom. The summed E-state index contributed by atoms with van der Waals surface area (Å²) in [5.74, 6) is 0.918. The van der Waals surface area contributed by atoms with Gasteiger partial charge in [0.2, 0.25) is 0 Å². The summed E-state index contributed by atoms with van der Waals surface area (Å²) in [6, 6.07) is 6.16. The fourth-order valence-corrected chi connectivity index (χ4v) is 1.82. The van der Waals surface area contributed by atoms with Crippen molar-refractivity contribution in [2.45, 2.75) is 6.54 Å². The third-order valence-electron chi connectivity index (χ3n) is 2.58. The van der Waals surface area contributed by atoms with E-state index in [1.165, 1.54) is 5.56 Å². The molecule has 0 radical (unpaired) electrons. The second-order valence-electron chi connectivity index (χ2n) is 4.23. The van der Waals surface area contributed by atoms with Crippen LogP contribution in [0.15, 0.2) is 30.7 Å². The maximum Gasteiger partial charge on any atom is 0.123 e. The largest absolute Gasteiger partial charge is 0.496 e. The normalized spacial score (nSPS) is 10.8. The first kappa shape index (κ1) is 11.7. The van der Waals surface area contributed by atoms with Gasteiger partial charge in [-0.25, -0.2) is 4.98 Å². The number of benzene rings is 1. The Morgan fingerprint density at radius 2 is 2.18 bits per heavy atom. The summed E-state index contributed by atoms with van der Waals surface area (Å²) in [4.78, 5) is 9.26. The number of rotatable bonds is 4. The van der Waals surface area contributed by atoms with E-state index >= 15 is 0 Å². The first-order chi connectivity index (χ1) is 8.20. The Kier molecular flexibility index (Phi) is 3.44. The van der Waals surface area contributed by atoms with Gasteiger partial charge in [0, 0.05) is 17.7 Å². The smallest absolute Gasteiger partial charge is 0.123 e. The highest BCUT2D eigenvalue weighted by atomic mass is 16.5. The van der Waals surface area contributed by atoms with Gasteiger partial charge in [-0.15, -0.1) is 0 Å². The van der Waals surface area contributed by atoms with E-state index in [4.69, 9.17) is 4.74 Å². The Labute approximate surface area is 101 Å². The van der Waals surface area contributed by atoms with Crippen LogP contribution in [0.5, 0.6) is 5.75 Å². The fourth-order valence-electron chi connectivity index (χ4n) is 1.82. The molecule has 1 aromatic heterocycles. The molecular weight excluding hydrogens is 214 g/mol. The van der Waals surface area contributed by atoms with Crippen LogP contribution < -0.4 is 4.74 Å². The minimum absolute atomic E-state index is 0.852. The topological polar surface area (TPSA) is 41.1 Å². The third kappa shape index (κ3) is 2.65. The van der Waals surface area contributed by atoms with Crippen LogP contribution in [0.4, 0.5) is 0 Å². The van der Waals surface area contributed by atoms with E-state index in [2.05, 4.69) is 20.9 Å². The van der Waals surface area contributed by atoms with Gasteiger partial charge in [0.15, 0.2) is 0 Å². The van der Waals surface area contributed by atoms with E-state index in [9.17, 15) is 0 Å². The molecule has 2 rings (SSSR count). The van der Waals surface area contributed by atoms with Crippen molar-refractivity contribution < 1.29 is 4.74 Å². The van der Waals surface area contributed by atoms with Gasteiger partial charge in [0.25, 0.3) is 0 Å². The Morgan fingerprint density at radius 1 is 1.35 bits per heavy atom. The van der Waals surface area contributed by atoms with Gasteiger partial charge >= 0.3 is 0 Å². The van der Waals surface area contributed by atoms with Crippen LogP contribution in [0.1, 0.15) is 5.56 Å². The molecule has 1 aromatic carbocycles. The van der Waals surface area contributed by atoms with Crippen molar-refractivity contribution in [3.8, 4) is 17.0 Å². The van der Waals surface area contributed by atoms with Gasteiger partial charge in [-0.2, -0.15) is 0 Å². The van der Waals surface area contributed by atoms with Crippen LogP contribution in [-0.2, 0) is 6.54 Å². The number of nitrogens with zero attached hydrogens (tertiary/aromatic N) is 2. The zero-order valence-corrected chi connectivity index (χ0v) is 10.4. The average Bonchev–Trinajstić information content (AvgIpc) is 2.81. The van der Waals surface area contributed by atoms with Crippen LogP contribution in [0, 0.1) is 0 Å². The summed E-state index contributed by atoms with van der Waals surface area (Å²) < 4.78 is 5.37. The van der Waals surface area contributed by atoms with E-state index < -0.39 is 0 Å². The molecule has 0 saturated heterocycles. The molecule has 90 valence electrons. The van der Waals surface area contributed by atoms with Gasteiger partial charge < -0.3 is 14.6 Å². The fraction of sp³-hybridized carbons (Fsp3) is 0.308. The summed E-state index contributed by atoms with van der Waals surface area (Å²) in [6.45, 7) is 0.852. The molecule has 0 bridgehead atoms. The summed E-state index contributed by atoms with van der Waals surface area (Å²) >= 11 is 0. The van der Waals surface area contributed by atoms with Crippen molar-refractivity contribution in [1.82, 2.24) is 14.9 Å². The Hall–Kier alpha value is -1.81. The zero-order valence-electron chi connectivity index (χ0n) is 10.4. The molecule has 17 heavy (non-hydrogen) atoms. The van der Waals surface area contributed by atoms with E-state index in [0.717, 1.165) is 23.6 Å². The standard InChI is InChI=1S/C13H17N3O/c1-16(2)8-11-6-10(4-5-13(11)17-3)12-7-14-9-15-12/h4-7,9H,8H2,1-3H3,(H,14,15). The van der Waals surface area contributed by atoms with Crippen LogP contribution in [0.25, 0.3) is 11.3 Å². The number of hydrogen-bond donors (Lipinski definition) is 1. The maximum absolute atomic E-state index is 5.37. The van der Waals surface area contributed by atoms with Crippen LogP contribution in [0.3, 0.4) is 0 Å². The first-order valence-electron chi connectivity index (χ1n) is 5.51. The number of ether oxygens (including phenoxy) is 1.